The Hall–Kier alpha value is -8.66. The van der Waals surface area contributed by atoms with Crippen LogP contribution in [-0.4, -0.2) is 4.57 Å². The summed E-state index contributed by atoms with van der Waals surface area (Å²) in [5.74, 6) is 0. The van der Waals surface area contributed by atoms with Crippen LogP contribution in [-0.2, 0) is 0 Å². The third-order valence-electron chi connectivity index (χ3n) is 13.2. The molecule has 0 N–H and O–H groups in total. The van der Waals surface area contributed by atoms with E-state index in [4.69, 9.17) is 4.42 Å². The van der Waals surface area contributed by atoms with Gasteiger partial charge in [-0.25, -0.2) is 0 Å². The van der Waals surface area contributed by atoms with E-state index in [0.29, 0.717) is 0 Å². The van der Waals surface area contributed by atoms with Crippen molar-refractivity contribution >= 4 is 82.4 Å². The van der Waals surface area contributed by atoms with Crippen LogP contribution >= 0.6 is 0 Å². The molecule has 0 unspecified atom stereocenters. The van der Waals surface area contributed by atoms with Gasteiger partial charge in [0.2, 0.25) is 0 Å². The van der Waals surface area contributed by atoms with Gasteiger partial charge in [-0.2, -0.15) is 0 Å². The van der Waals surface area contributed by atoms with Crippen LogP contribution in [0.3, 0.4) is 0 Å². The molecular formula is C62H40N2O. The van der Waals surface area contributed by atoms with Crippen LogP contribution in [0.2, 0.25) is 0 Å². The topological polar surface area (TPSA) is 21.3 Å². The molecule has 2 heterocycles. The number of benzene rings is 11. The molecule has 13 rings (SSSR count). The van der Waals surface area contributed by atoms with Crippen molar-refractivity contribution in [1.82, 2.24) is 4.57 Å². The van der Waals surface area contributed by atoms with Crippen molar-refractivity contribution in [3.05, 3.63) is 243 Å². The first kappa shape index (κ1) is 36.9. The highest BCUT2D eigenvalue weighted by Gasteiger charge is 2.23. The van der Waals surface area contributed by atoms with Crippen LogP contribution in [0.15, 0.2) is 247 Å². The summed E-state index contributed by atoms with van der Waals surface area (Å²) in [5, 5.41) is 9.55. The van der Waals surface area contributed by atoms with E-state index in [1.54, 1.807) is 0 Å². The van der Waals surface area contributed by atoms with Crippen molar-refractivity contribution < 1.29 is 4.42 Å². The molecule has 13 aromatic rings. The zero-order valence-corrected chi connectivity index (χ0v) is 35.4. The lowest BCUT2D eigenvalue weighted by molar-refractivity contribution is 0.670. The normalized spacial score (nSPS) is 11.7. The maximum Gasteiger partial charge on any atom is 0.143 e. The van der Waals surface area contributed by atoms with Gasteiger partial charge in [-0.05, 0) is 81.4 Å². The van der Waals surface area contributed by atoms with Gasteiger partial charge >= 0.3 is 0 Å². The molecule has 0 radical (unpaired) electrons. The third kappa shape index (κ3) is 5.90. The fourth-order valence-corrected chi connectivity index (χ4v) is 10.3. The Bertz CT molecular complexity index is 3910. The highest BCUT2D eigenvalue weighted by molar-refractivity contribution is 6.16. The maximum atomic E-state index is 6.68. The first-order valence-corrected chi connectivity index (χ1v) is 22.3. The summed E-state index contributed by atoms with van der Waals surface area (Å²) in [4.78, 5) is 2.44. The fraction of sp³-hybridized carbons (Fsp3) is 0. The van der Waals surface area contributed by atoms with E-state index < -0.39 is 0 Å². The molecule has 0 spiro atoms. The SMILES string of the molecule is c1ccc(-c2ccccc2-n2c3ccccc3c3ccccc32)c(-c2ccc(N(c3ccccc3-c3cccc4c3oc3ccccc34)c3cc4ccccc4c4ccccc34)cc2)c1. The predicted molar refractivity (Wildman–Crippen MR) is 274 cm³/mol. The summed E-state index contributed by atoms with van der Waals surface area (Å²) in [6.45, 7) is 0. The molecule has 3 nitrogen and oxygen atoms in total. The van der Waals surface area contributed by atoms with E-state index in [2.05, 4.69) is 246 Å². The van der Waals surface area contributed by atoms with Gasteiger partial charge in [0.05, 0.1) is 28.1 Å². The first-order valence-electron chi connectivity index (χ1n) is 22.3. The van der Waals surface area contributed by atoms with Gasteiger partial charge in [-0.3, -0.25) is 0 Å². The number of hydrogen-bond acceptors (Lipinski definition) is 2. The van der Waals surface area contributed by atoms with Crippen LogP contribution in [0, 0.1) is 0 Å². The Morgan fingerprint density at radius 2 is 0.862 bits per heavy atom. The number of anilines is 3. The van der Waals surface area contributed by atoms with Crippen molar-refractivity contribution in [3.8, 4) is 39.1 Å². The van der Waals surface area contributed by atoms with Crippen molar-refractivity contribution in [2.24, 2.45) is 0 Å². The molecule has 2 aromatic heterocycles. The van der Waals surface area contributed by atoms with Gasteiger partial charge in [0.1, 0.15) is 11.2 Å². The molecule has 0 amide bonds. The van der Waals surface area contributed by atoms with Crippen LogP contribution < -0.4 is 4.90 Å². The van der Waals surface area contributed by atoms with Gasteiger partial charge < -0.3 is 13.9 Å². The zero-order chi connectivity index (χ0) is 42.8. The zero-order valence-electron chi connectivity index (χ0n) is 35.4. The summed E-state index contributed by atoms with van der Waals surface area (Å²) in [6, 6.07) is 87.7. The maximum absolute atomic E-state index is 6.68. The Kier molecular flexibility index (Phi) is 8.53. The molecule has 0 saturated heterocycles. The number of fused-ring (bicyclic) bond motifs is 9. The van der Waals surface area contributed by atoms with E-state index in [-0.39, 0.29) is 0 Å². The minimum atomic E-state index is 0.887. The molecule has 3 heteroatoms. The highest BCUT2D eigenvalue weighted by atomic mass is 16.3. The van der Waals surface area contributed by atoms with Gasteiger partial charge in [0.25, 0.3) is 0 Å². The molecule has 0 bridgehead atoms. The quantitative estimate of drug-likeness (QED) is 0.149. The summed E-state index contributed by atoms with van der Waals surface area (Å²) < 4.78 is 9.10. The van der Waals surface area contributed by atoms with Crippen molar-refractivity contribution in [2.75, 3.05) is 4.90 Å². The third-order valence-corrected chi connectivity index (χ3v) is 13.2. The van der Waals surface area contributed by atoms with Crippen LogP contribution in [0.1, 0.15) is 0 Å². The molecule has 0 aliphatic heterocycles. The smallest absolute Gasteiger partial charge is 0.143 e. The minimum Gasteiger partial charge on any atom is -0.455 e. The molecule has 0 aliphatic rings. The molecular weight excluding hydrogens is 789 g/mol. The van der Waals surface area contributed by atoms with E-state index >= 15 is 0 Å². The number of furan rings is 1. The van der Waals surface area contributed by atoms with Crippen molar-refractivity contribution in [1.29, 1.82) is 0 Å². The van der Waals surface area contributed by atoms with Gasteiger partial charge in [0.15, 0.2) is 0 Å². The van der Waals surface area contributed by atoms with Gasteiger partial charge in [0, 0.05) is 49.3 Å². The van der Waals surface area contributed by atoms with Crippen LogP contribution in [0.25, 0.3) is 104 Å². The number of nitrogens with zero attached hydrogens (tertiary/aromatic N) is 2. The number of para-hydroxylation sites is 6. The van der Waals surface area contributed by atoms with E-state index in [0.717, 1.165) is 61.4 Å². The molecule has 65 heavy (non-hydrogen) atoms. The van der Waals surface area contributed by atoms with E-state index in [1.807, 2.05) is 6.07 Å². The summed E-state index contributed by atoms with van der Waals surface area (Å²) >= 11 is 0. The average Bonchev–Trinajstić information content (AvgIpc) is 3.93. The minimum absolute atomic E-state index is 0.887. The number of rotatable bonds is 7. The van der Waals surface area contributed by atoms with Gasteiger partial charge in [-0.15, -0.1) is 0 Å². The second-order valence-corrected chi connectivity index (χ2v) is 16.8. The Balaban J connectivity index is 1.00. The van der Waals surface area contributed by atoms with Crippen molar-refractivity contribution in [2.45, 2.75) is 0 Å². The number of aromatic nitrogens is 1. The lowest BCUT2D eigenvalue weighted by atomic mass is 9.93. The lowest BCUT2D eigenvalue weighted by Gasteiger charge is -2.30. The lowest BCUT2D eigenvalue weighted by Crippen LogP contribution is -2.12. The first-order chi connectivity index (χ1) is 32.3. The molecule has 11 aromatic carbocycles. The fourth-order valence-electron chi connectivity index (χ4n) is 10.3. The average molecular weight is 829 g/mol. The predicted octanol–water partition coefficient (Wildman–Crippen LogP) is 17.5. The molecule has 304 valence electrons. The summed E-state index contributed by atoms with van der Waals surface area (Å²) in [7, 11) is 0. The molecule has 0 aliphatic carbocycles. The Morgan fingerprint density at radius 3 is 1.63 bits per heavy atom. The highest BCUT2D eigenvalue weighted by Crippen LogP contribution is 2.48. The summed E-state index contributed by atoms with van der Waals surface area (Å²) in [5.41, 5.74) is 15.4. The Morgan fingerprint density at radius 1 is 0.323 bits per heavy atom. The standard InChI is InChI=1S/C62H40N2O/c1-2-20-45-42(18-1)40-60(49-24-6-5-22-47(45)49)63(56-31-12-10-27-52(56)54-29-17-30-55-53-28-11-16-35-61(53)65-62(54)55)43-38-36-41(37-39-43)44-19-3-4-21-46(44)48-23-7-13-32-57(48)64-58-33-14-8-25-50(58)51-26-9-15-34-59(51)64/h1-40H. The van der Waals surface area contributed by atoms with Crippen LogP contribution in [0.5, 0.6) is 0 Å². The molecule has 0 atom stereocenters. The summed E-state index contributed by atoms with van der Waals surface area (Å²) in [6.07, 6.45) is 0. The van der Waals surface area contributed by atoms with E-state index in [1.165, 1.54) is 60.0 Å². The molecule has 0 fully saturated rings. The van der Waals surface area contributed by atoms with E-state index in [9.17, 15) is 0 Å². The van der Waals surface area contributed by atoms with Crippen molar-refractivity contribution in [3.63, 3.8) is 0 Å². The number of hydrogen-bond donors (Lipinski definition) is 0. The monoisotopic (exact) mass is 828 g/mol. The second-order valence-electron chi connectivity index (χ2n) is 16.8. The van der Waals surface area contributed by atoms with Crippen LogP contribution in [0.4, 0.5) is 17.1 Å². The van der Waals surface area contributed by atoms with Gasteiger partial charge in [-0.1, -0.05) is 194 Å². The molecule has 0 saturated carbocycles. The second kappa shape index (κ2) is 15.0. The largest absolute Gasteiger partial charge is 0.455 e. The Labute approximate surface area is 376 Å².